The fourth-order valence-electron chi connectivity index (χ4n) is 4.52. The molecular formula is C28H20Cl2N6O10S3+2. The van der Waals surface area contributed by atoms with Crippen LogP contribution in [0.2, 0.25) is 10.0 Å². The summed E-state index contributed by atoms with van der Waals surface area (Å²) in [6.07, 6.45) is 0. The molecule has 4 aromatic carbocycles. The second-order valence-corrected chi connectivity index (χ2v) is 16.0. The SMILES string of the molecule is O=c1o[nH][n+](-c2ccc(S(=O)(=O)c3ccc(-[n+]4[nH]oc(=O)c4S(=O)(=O)Nc4cccc(Cl)c4)cc3)cc2)c1S(=O)(=O)Nc1cccc(Cl)c1. The Morgan fingerprint density at radius 2 is 0.918 bits per heavy atom. The molecule has 4 N–H and O–H groups in total. The molecule has 0 amide bonds. The Morgan fingerprint density at radius 1 is 0.551 bits per heavy atom. The van der Waals surface area contributed by atoms with Gasteiger partial charge in [-0.25, -0.2) is 18.0 Å². The van der Waals surface area contributed by atoms with E-state index < -0.39 is 51.2 Å². The van der Waals surface area contributed by atoms with Gasteiger partial charge in [-0.2, -0.15) is 16.8 Å². The number of sulfonamides is 2. The van der Waals surface area contributed by atoms with Crippen molar-refractivity contribution >= 4 is 64.5 Å². The van der Waals surface area contributed by atoms with Crippen molar-refractivity contribution in [1.82, 2.24) is 10.5 Å². The molecule has 0 aliphatic carbocycles. The summed E-state index contributed by atoms with van der Waals surface area (Å²) >= 11 is 11.8. The van der Waals surface area contributed by atoms with E-state index in [2.05, 4.69) is 20.0 Å². The van der Waals surface area contributed by atoms with Crippen LogP contribution in [0.4, 0.5) is 11.4 Å². The molecule has 0 spiro atoms. The summed E-state index contributed by atoms with van der Waals surface area (Å²) in [7, 11) is -13.2. The van der Waals surface area contributed by atoms with Crippen LogP contribution in [0.5, 0.6) is 0 Å². The highest BCUT2D eigenvalue weighted by Gasteiger charge is 2.38. The number of nitrogens with zero attached hydrogens (tertiary/aromatic N) is 2. The molecule has 0 bridgehead atoms. The van der Waals surface area contributed by atoms with Gasteiger partial charge in [-0.05, 0) is 80.6 Å². The van der Waals surface area contributed by atoms with Crippen molar-refractivity contribution in [2.75, 3.05) is 9.44 Å². The molecule has 0 unspecified atom stereocenters. The number of aromatic nitrogens is 4. The third-order valence-electron chi connectivity index (χ3n) is 6.69. The van der Waals surface area contributed by atoms with E-state index in [4.69, 9.17) is 32.2 Å². The van der Waals surface area contributed by atoms with Gasteiger partial charge in [0.25, 0.3) is 0 Å². The van der Waals surface area contributed by atoms with Crippen LogP contribution in [-0.2, 0) is 29.9 Å². The molecule has 6 rings (SSSR count). The second kappa shape index (κ2) is 12.7. The Hall–Kier alpha value is -5.21. The topological polar surface area (TPSA) is 226 Å². The van der Waals surface area contributed by atoms with Gasteiger partial charge in [-0.3, -0.25) is 18.5 Å². The summed E-state index contributed by atoms with van der Waals surface area (Å²) in [5.41, 5.74) is -2.22. The molecular weight excluding hydrogens is 747 g/mol. The first kappa shape index (κ1) is 33.7. The van der Waals surface area contributed by atoms with Crippen LogP contribution in [0.3, 0.4) is 0 Å². The zero-order valence-corrected chi connectivity index (χ0v) is 28.2. The highest BCUT2D eigenvalue weighted by atomic mass is 35.5. The molecule has 0 aliphatic rings. The van der Waals surface area contributed by atoms with Gasteiger partial charge in [0, 0.05) is 34.3 Å². The fourth-order valence-corrected chi connectivity index (χ4v) is 8.52. The predicted octanol–water partition coefficient (Wildman–Crippen LogP) is 2.54. The summed E-state index contributed by atoms with van der Waals surface area (Å²) in [5, 5.41) is 3.22. The zero-order valence-electron chi connectivity index (χ0n) is 24.2. The van der Waals surface area contributed by atoms with Gasteiger partial charge in [0.2, 0.25) is 21.2 Å². The normalized spacial score (nSPS) is 12.1. The molecule has 252 valence electrons. The first-order valence-corrected chi connectivity index (χ1v) is 18.7. The Balaban J connectivity index is 1.26. The number of nitrogens with one attached hydrogen (secondary N) is 4. The lowest BCUT2D eigenvalue weighted by atomic mass is 10.3. The lowest BCUT2D eigenvalue weighted by Crippen LogP contribution is -2.42. The number of anilines is 2. The smallest absolute Gasteiger partial charge is 0.281 e. The Bertz CT molecular complexity index is 2490. The van der Waals surface area contributed by atoms with Crippen molar-refractivity contribution < 1.29 is 43.7 Å². The second-order valence-electron chi connectivity index (χ2n) is 9.97. The van der Waals surface area contributed by atoms with Crippen LogP contribution >= 0.6 is 23.2 Å². The lowest BCUT2D eigenvalue weighted by molar-refractivity contribution is -0.705. The third-order valence-corrected chi connectivity index (χ3v) is 11.7. The van der Waals surface area contributed by atoms with E-state index in [1.54, 1.807) is 0 Å². The molecule has 16 nitrogen and oxygen atoms in total. The van der Waals surface area contributed by atoms with E-state index in [0.717, 1.165) is 9.36 Å². The van der Waals surface area contributed by atoms with E-state index in [1.165, 1.54) is 97.1 Å². The van der Waals surface area contributed by atoms with Crippen molar-refractivity contribution in [1.29, 1.82) is 0 Å². The predicted molar refractivity (Wildman–Crippen MR) is 172 cm³/mol. The van der Waals surface area contributed by atoms with Gasteiger partial charge in [-0.1, -0.05) is 35.3 Å². The zero-order chi connectivity index (χ0) is 35.1. The lowest BCUT2D eigenvalue weighted by Gasteiger charge is -2.06. The van der Waals surface area contributed by atoms with Crippen LogP contribution in [0.25, 0.3) is 11.4 Å². The van der Waals surface area contributed by atoms with Crippen LogP contribution in [-0.4, -0.2) is 35.8 Å². The number of rotatable bonds is 10. The fraction of sp³-hybridized carbons (Fsp3) is 0. The molecule has 6 aromatic rings. The largest absolute Gasteiger partial charge is 0.449 e. The van der Waals surface area contributed by atoms with Gasteiger partial charge in [-0.15, -0.1) is 0 Å². The maximum Gasteiger partial charge on any atom is 0.449 e. The van der Waals surface area contributed by atoms with E-state index in [0.29, 0.717) is 0 Å². The van der Waals surface area contributed by atoms with Crippen molar-refractivity contribution in [3.8, 4) is 11.4 Å². The quantitative estimate of drug-likeness (QED) is 0.149. The highest BCUT2D eigenvalue weighted by Crippen LogP contribution is 2.23. The van der Waals surface area contributed by atoms with E-state index in [9.17, 15) is 34.8 Å². The standard InChI is InChI=1S/C28H18Cl2N6O10S3/c29-17-3-1-5-19(15-17)31-48(41,42)25-27(37)45-33-35(25)21-7-11-23(12-8-21)47(39,40)24-13-9-22(10-14-24)36-26(28(38)46-34-36)49(43,44)32-20-6-2-4-18(30)16-20/h1-16,31-32H/p+2. The Labute approximate surface area is 286 Å². The monoisotopic (exact) mass is 766 g/mol. The van der Waals surface area contributed by atoms with Gasteiger partial charge in [0.1, 0.15) is 0 Å². The number of hydrogen-bond donors (Lipinski definition) is 4. The minimum atomic E-state index is -4.51. The molecule has 2 heterocycles. The molecule has 0 radical (unpaired) electrons. The molecule has 0 saturated heterocycles. The summed E-state index contributed by atoms with van der Waals surface area (Å²) in [4.78, 5) is 24.4. The number of aromatic amines is 2. The van der Waals surface area contributed by atoms with Crippen molar-refractivity contribution in [2.45, 2.75) is 19.8 Å². The maximum absolute atomic E-state index is 13.5. The van der Waals surface area contributed by atoms with Crippen molar-refractivity contribution in [3.05, 3.63) is 128 Å². The molecule has 0 saturated carbocycles. The summed E-state index contributed by atoms with van der Waals surface area (Å²) in [6.45, 7) is 0. The Morgan fingerprint density at radius 3 is 1.27 bits per heavy atom. The van der Waals surface area contributed by atoms with Crippen LogP contribution in [0.1, 0.15) is 0 Å². The molecule has 2 aromatic heterocycles. The van der Waals surface area contributed by atoms with Crippen LogP contribution in [0, 0.1) is 0 Å². The first-order valence-electron chi connectivity index (χ1n) is 13.5. The minimum absolute atomic E-state index is 0.0343. The molecule has 0 fully saturated rings. The van der Waals surface area contributed by atoms with Crippen LogP contribution < -0.4 is 30.1 Å². The number of hydrogen-bond acceptors (Lipinski definition) is 10. The summed E-state index contributed by atoms with van der Waals surface area (Å²) < 4.78 is 94.8. The Kier molecular flexibility index (Phi) is 8.71. The third kappa shape index (κ3) is 6.74. The molecule has 0 atom stereocenters. The highest BCUT2D eigenvalue weighted by molar-refractivity contribution is 7.93. The summed E-state index contributed by atoms with van der Waals surface area (Å²) in [5.74, 6) is 0. The number of sulfone groups is 1. The molecule has 49 heavy (non-hydrogen) atoms. The van der Waals surface area contributed by atoms with Gasteiger partial charge < -0.3 is 0 Å². The maximum atomic E-state index is 13.5. The minimum Gasteiger partial charge on any atom is -0.281 e. The van der Waals surface area contributed by atoms with E-state index in [1.807, 2.05) is 0 Å². The average molecular weight is 768 g/mol. The van der Waals surface area contributed by atoms with Crippen LogP contribution in [0.15, 0.2) is 136 Å². The van der Waals surface area contributed by atoms with E-state index >= 15 is 0 Å². The van der Waals surface area contributed by atoms with E-state index in [-0.39, 0.29) is 42.6 Å². The van der Waals surface area contributed by atoms with Crippen molar-refractivity contribution in [3.63, 3.8) is 0 Å². The number of halogens is 2. The number of H-pyrrole nitrogens is 2. The average Bonchev–Trinajstić information content (AvgIpc) is 3.64. The number of benzene rings is 4. The van der Waals surface area contributed by atoms with Gasteiger partial charge >= 0.3 is 41.3 Å². The molecule has 21 heteroatoms. The first-order chi connectivity index (χ1) is 23.2. The van der Waals surface area contributed by atoms with Gasteiger partial charge in [0.05, 0.1) is 21.2 Å². The summed E-state index contributed by atoms with van der Waals surface area (Å²) in [6, 6.07) is 21.2. The van der Waals surface area contributed by atoms with Gasteiger partial charge in [0.15, 0.2) is 0 Å². The van der Waals surface area contributed by atoms with Crippen molar-refractivity contribution in [2.24, 2.45) is 0 Å². The molecule has 0 aliphatic heterocycles.